The van der Waals surface area contributed by atoms with E-state index in [-0.39, 0.29) is 0 Å². The molecule has 2 aromatic heterocycles. The van der Waals surface area contributed by atoms with Gasteiger partial charge in [-0.25, -0.2) is 9.97 Å². The third-order valence-electron chi connectivity index (χ3n) is 8.52. The molecule has 0 saturated heterocycles. The molecule has 210 valence electrons. The molecule has 3 heterocycles. The maximum Gasteiger partial charge on any atom is 0.160 e. The summed E-state index contributed by atoms with van der Waals surface area (Å²) < 4.78 is 6.33. The van der Waals surface area contributed by atoms with E-state index < -0.39 is 0 Å². The van der Waals surface area contributed by atoms with Crippen molar-refractivity contribution in [1.82, 2.24) is 15.0 Å². The number of para-hydroxylation sites is 1. The largest absolute Gasteiger partial charge is 0.456 e. The number of nitrogens with zero attached hydrogens (tertiary/aromatic N) is 3. The van der Waals surface area contributed by atoms with E-state index in [2.05, 4.69) is 84.9 Å². The van der Waals surface area contributed by atoms with Crippen molar-refractivity contribution in [2.24, 2.45) is 0 Å². The minimum atomic E-state index is 0.700. The Kier molecular flexibility index (Phi) is 5.78. The Morgan fingerprint density at radius 1 is 0.444 bits per heavy atom. The highest BCUT2D eigenvalue weighted by Gasteiger charge is 2.21. The van der Waals surface area contributed by atoms with Crippen molar-refractivity contribution < 1.29 is 4.74 Å². The summed E-state index contributed by atoms with van der Waals surface area (Å²) in [5.74, 6) is 2.47. The second kappa shape index (κ2) is 10.2. The zero-order valence-corrected chi connectivity index (χ0v) is 24.2. The summed E-state index contributed by atoms with van der Waals surface area (Å²) >= 11 is 0. The smallest absolute Gasteiger partial charge is 0.160 e. The number of fused-ring (bicyclic) bond motifs is 3. The van der Waals surface area contributed by atoms with Gasteiger partial charge in [0.05, 0.1) is 16.9 Å². The zero-order chi connectivity index (χ0) is 29.7. The zero-order valence-electron chi connectivity index (χ0n) is 24.2. The second-order valence-electron chi connectivity index (χ2n) is 11.3. The molecule has 9 rings (SSSR count). The minimum Gasteiger partial charge on any atom is -0.456 e. The standard InChI is InChI=1S/C41H25N3O/c1-3-10-26(11-4-1)36-24-37(44-41(43-36)27-12-5-2-6-13-27)28-18-20-35-29(22-28)23-30(25-42-35)31-19-21-39-40-33(31)15-9-16-34(40)32-14-7-8-17-38(32)45-39/h1-25H. The van der Waals surface area contributed by atoms with Crippen LogP contribution in [0.3, 0.4) is 0 Å². The summed E-state index contributed by atoms with van der Waals surface area (Å²) in [4.78, 5) is 14.9. The van der Waals surface area contributed by atoms with Crippen LogP contribution in [0.5, 0.6) is 11.5 Å². The molecule has 8 aromatic rings. The van der Waals surface area contributed by atoms with Crippen LogP contribution >= 0.6 is 0 Å². The minimum absolute atomic E-state index is 0.700. The van der Waals surface area contributed by atoms with Gasteiger partial charge in [-0.2, -0.15) is 0 Å². The van der Waals surface area contributed by atoms with E-state index >= 15 is 0 Å². The number of rotatable bonds is 4. The fourth-order valence-electron chi connectivity index (χ4n) is 6.34. The van der Waals surface area contributed by atoms with Gasteiger partial charge >= 0.3 is 0 Å². The van der Waals surface area contributed by atoms with Crippen LogP contribution in [-0.2, 0) is 0 Å². The predicted molar refractivity (Wildman–Crippen MR) is 182 cm³/mol. The Balaban J connectivity index is 1.18. The molecule has 45 heavy (non-hydrogen) atoms. The quantitative estimate of drug-likeness (QED) is 0.209. The molecule has 0 aliphatic carbocycles. The molecular formula is C41H25N3O. The third kappa shape index (κ3) is 4.35. The van der Waals surface area contributed by atoms with Gasteiger partial charge in [0.1, 0.15) is 11.5 Å². The Morgan fingerprint density at radius 2 is 1.16 bits per heavy atom. The lowest BCUT2D eigenvalue weighted by Crippen LogP contribution is -1.97. The van der Waals surface area contributed by atoms with Crippen LogP contribution in [0.4, 0.5) is 0 Å². The molecule has 0 saturated carbocycles. The van der Waals surface area contributed by atoms with Crippen molar-refractivity contribution in [3.05, 3.63) is 152 Å². The molecule has 0 atom stereocenters. The van der Waals surface area contributed by atoms with Crippen LogP contribution in [0.15, 0.2) is 152 Å². The summed E-state index contributed by atoms with van der Waals surface area (Å²) in [5.41, 5.74) is 10.2. The van der Waals surface area contributed by atoms with Crippen molar-refractivity contribution >= 4 is 21.7 Å². The van der Waals surface area contributed by atoms with Gasteiger partial charge in [-0.15, -0.1) is 0 Å². The van der Waals surface area contributed by atoms with Crippen molar-refractivity contribution in [2.75, 3.05) is 0 Å². The van der Waals surface area contributed by atoms with Gasteiger partial charge in [-0.05, 0) is 59.0 Å². The first-order chi connectivity index (χ1) is 22.3. The third-order valence-corrected chi connectivity index (χ3v) is 8.52. The molecule has 4 heteroatoms. The maximum absolute atomic E-state index is 6.33. The van der Waals surface area contributed by atoms with Gasteiger partial charge < -0.3 is 4.74 Å². The maximum atomic E-state index is 6.33. The highest BCUT2D eigenvalue weighted by molar-refractivity contribution is 6.10. The van der Waals surface area contributed by atoms with Crippen LogP contribution in [-0.4, -0.2) is 15.0 Å². The van der Waals surface area contributed by atoms with Crippen LogP contribution in [0.2, 0.25) is 0 Å². The highest BCUT2D eigenvalue weighted by Crippen LogP contribution is 2.48. The van der Waals surface area contributed by atoms with Crippen LogP contribution in [0.1, 0.15) is 0 Å². The van der Waals surface area contributed by atoms with Gasteiger partial charge in [0.15, 0.2) is 5.82 Å². The molecule has 1 aliphatic rings. The van der Waals surface area contributed by atoms with Crippen LogP contribution < -0.4 is 4.74 Å². The van der Waals surface area contributed by atoms with Gasteiger partial charge in [0.2, 0.25) is 0 Å². The summed E-state index contributed by atoms with van der Waals surface area (Å²) in [6, 6.07) is 50.0. The van der Waals surface area contributed by atoms with Crippen molar-refractivity contribution in [1.29, 1.82) is 0 Å². The first-order valence-corrected chi connectivity index (χ1v) is 15.0. The van der Waals surface area contributed by atoms with Crippen LogP contribution in [0, 0.1) is 0 Å². The van der Waals surface area contributed by atoms with Gasteiger partial charge in [-0.1, -0.05) is 103 Å². The summed E-state index contributed by atoms with van der Waals surface area (Å²) in [7, 11) is 0. The van der Waals surface area contributed by atoms with Gasteiger partial charge in [-0.3, -0.25) is 4.98 Å². The van der Waals surface area contributed by atoms with Crippen molar-refractivity contribution in [3.8, 4) is 67.7 Å². The Labute approximate surface area is 260 Å². The monoisotopic (exact) mass is 575 g/mol. The van der Waals surface area contributed by atoms with E-state index in [9.17, 15) is 0 Å². The lowest BCUT2D eigenvalue weighted by Gasteiger charge is -2.22. The molecule has 0 amide bonds. The molecule has 0 unspecified atom stereocenters. The average Bonchev–Trinajstić information content (AvgIpc) is 3.12. The summed E-state index contributed by atoms with van der Waals surface area (Å²) in [6.07, 6.45) is 1.97. The first-order valence-electron chi connectivity index (χ1n) is 15.0. The molecule has 6 aromatic carbocycles. The number of hydrogen-bond acceptors (Lipinski definition) is 4. The fraction of sp³-hybridized carbons (Fsp3) is 0. The molecule has 0 fully saturated rings. The normalized spacial score (nSPS) is 11.7. The first kappa shape index (κ1) is 25.4. The Bertz CT molecular complexity index is 2340. The van der Waals surface area contributed by atoms with E-state index in [1.54, 1.807) is 0 Å². The van der Waals surface area contributed by atoms with E-state index in [0.717, 1.165) is 77.9 Å². The number of aromatic nitrogens is 3. The molecular weight excluding hydrogens is 550 g/mol. The lowest BCUT2D eigenvalue weighted by atomic mass is 9.90. The second-order valence-corrected chi connectivity index (χ2v) is 11.3. The topological polar surface area (TPSA) is 47.9 Å². The summed E-state index contributed by atoms with van der Waals surface area (Å²) in [5, 5.41) is 3.33. The fourth-order valence-corrected chi connectivity index (χ4v) is 6.34. The lowest BCUT2D eigenvalue weighted by molar-refractivity contribution is 0.487. The molecule has 4 nitrogen and oxygen atoms in total. The van der Waals surface area contributed by atoms with E-state index in [1.165, 1.54) is 5.56 Å². The highest BCUT2D eigenvalue weighted by atomic mass is 16.5. The Hall–Kier alpha value is -6.13. The van der Waals surface area contributed by atoms with Gasteiger partial charge in [0, 0.05) is 44.8 Å². The van der Waals surface area contributed by atoms with Crippen molar-refractivity contribution in [2.45, 2.75) is 0 Å². The number of ether oxygens (including phenoxy) is 1. The molecule has 0 radical (unpaired) electrons. The van der Waals surface area contributed by atoms with E-state index in [0.29, 0.717) is 5.82 Å². The molecule has 0 spiro atoms. The summed E-state index contributed by atoms with van der Waals surface area (Å²) in [6.45, 7) is 0. The van der Waals surface area contributed by atoms with E-state index in [4.69, 9.17) is 19.7 Å². The molecule has 1 aliphatic heterocycles. The average molecular weight is 576 g/mol. The molecule has 0 bridgehead atoms. The Morgan fingerprint density at radius 3 is 2.00 bits per heavy atom. The number of hydrogen-bond donors (Lipinski definition) is 0. The number of pyridine rings is 1. The van der Waals surface area contributed by atoms with E-state index in [1.807, 2.05) is 66.9 Å². The predicted octanol–water partition coefficient (Wildman–Crippen LogP) is 10.6. The SMILES string of the molecule is c1ccc(-c2cc(-c3ccc4ncc(-c5ccc6c7c(cccc57)-c5ccccc5O6)cc4c3)nc(-c3ccccc3)n2)cc1. The van der Waals surface area contributed by atoms with Crippen molar-refractivity contribution in [3.63, 3.8) is 0 Å². The van der Waals surface area contributed by atoms with Gasteiger partial charge in [0.25, 0.3) is 0 Å². The molecule has 0 N–H and O–H groups in total. The number of benzene rings is 6. The van der Waals surface area contributed by atoms with Crippen LogP contribution in [0.25, 0.3) is 77.8 Å².